The first-order valence-corrected chi connectivity index (χ1v) is 10.7. The van der Waals surface area contributed by atoms with Crippen LogP contribution in [-0.4, -0.2) is 50.4 Å². The van der Waals surface area contributed by atoms with Crippen LogP contribution < -0.4 is 14.8 Å². The van der Waals surface area contributed by atoms with Gasteiger partial charge in [0.05, 0.1) is 11.7 Å². The number of halogens is 3. The minimum absolute atomic E-state index is 0.0628. The van der Waals surface area contributed by atoms with E-state index in [0.717, 1.165) is 15.9 Å². The molecule has 34 heavy (non-hydrogen) atoms. The Hall–Kier alpha value is -3.70. The van der Waals surface area contributed by atoms with Crippen molar-refractivity contribution in [2.45, 2.75) is 38.1 Å². The van der Waals surface area contributed by atoms with Gasteiger partial charge in [0.1, 0.15) is 5.82 Å². The van der Waals surface area contributed by atoms with E-state index in [9.17, 15) is 18.0 Å². The molecule has 2 aliphatic rings. The van der Waals surface area contributed by atoms with Crippen molar-refractivity contribution in [3.63, 3.8) is 0 Å². The number of carbonyl (C=O) groups excluding carboxylic acids is 1. The van der Waals surface area contributed by atoms with Crippen molar-refractivity contribution < 1.29 is 27.4 Å². The number of nitrogens with one attached hydrogen (secondary N) is 1. The van der Waals surface area contributed by atoms with Crippen LogP contribution in [0.2, 0.25) is 0 Å². The Kier molecular flexibility index (Phi) is 5.18. The number of aromatic nitrogens is 4. The van der Waals surface area contributed by atoms with Gasteiger partial charge in [0.15, 0.2) is 23.2 Å². The van der Waals surface area contributed by atoms with Gasteiger partial charge in [-0.1, -0.05) is 6.07 Å². The quantitative estimate of drug-likeness (QED) is 0.620. The largest absolute Gasteiger partial charge is 0.454 e. The molecule has 1 N–H and O–H groups in total. The summed E-state index contributed by atoms with van der Waals surface area (Å²) in [6.45, 7) is 2.17. The zero-order chi connectivity index (χ0) is 24.2. The number of aryl methyl sites for hydroxylation is 2. The normalized spacial score (nSPS) is 19.0. The summed E-state index contributed by atoms with van der Waals surface area (Å²) >= 11 is 0. The van der Waals surface area contributed by atoms with Crippen LogP contribution in [0.15, 0.2) is 30.5 Å². The Morgan fingerprint density at radius 1 is 1.24 bits per heavy atom. The van der Waals surface area contributed by atoms with E-state index in [2.05, 4.69) is 15.5 Å². The highest BCUT2D eigenvalue weighted by atomic mass is 19.4. The summed E-state index contributed by atoms with van der Waals surface area (Å²) in [4.78, 5) is 14.4. The van der Waals surface area contributed by atoms with Gasteiger partial charge in [0.2, 0.25) is 6.79 Å². The van der Waals surface area contributed by atoms with Gasteiger partial charge in [0.25, 0.3) is 5.91 Å². The summed E-state index contributed by atoms with van der Waals surface area (Å²) in [6.07, 6.45) is -3.03. The van der Waals surface area contributed by atoms with Crippen molar-refractivity contribution in [1.29, 1.82) is 0 Å². The summed E-state index contributed by atoms with van der Waals surface area (Å²) in [6, 6.07) is 3.90. The Bertz CT molecular complexity index is 1250. The van der Waals surface area contributed by atoms with Crippen LogP contribution in [0.1, 0.15) is 45.8 Å². The smallest absolute Gasteiger partial charge is 0.410 e. The zero-order valence-corrected chi connectivity index (χ0v) is 18.8. The molecule has 0 saturated heterocycles. The predicted molar refractivity (Wildman–Crippen MR) is 115 cm³/mol. The minimum Gasteiger partial charge on any atom is -0.454 e. The second-order valence-corrected chi connectivity index (χ2v) is 8.54. The van der Waals surface area contributed by atoms with Crippen molar-refractivity contribution in [2.24, 2.45) is 7.05 Å². The fourth-order valence-electron chi connectivity index (χ4n) is 4.35. The number of nitrogens with zero attached hydrogens (tertiary/aromatic N) is 5. The average Bonchev–Trinajstić information content (AvgIpc) is 3.49. The topological polar surface area (TPSA) is 86.4 Å². The fraction of sp³-hybridized carbons (Fsp3) is 0.409. The monoisotopic (exact) mass is 476 g/mol. The van der Waals surface area contributed by atoms with E-state index in [1.54, 1.807) is 43.2 Å². The first-order valence-electron chi connectivity index (χ1n) is 10.7. The lowest BCUT2D eigenvalue weighted by molar-refractivity contribution is -0.173. The van der Waals surface area contributed by atoms with Crippen LogP contribution >= 0.6 is 0 Å². The molecule has 0 fully saturated rings. The first-order chi connectivity index (χ1) is 16.1. The number of hydrogen-bond acceptors (Lipinski definition) is 6. The minimum atomic E-state index is -4.55. The van der Waals surface area contributed by atoms with Crippen LogP contribution in [0.3, 0.4) is 0 Å². The van der Waals surface area contributed by atoms with Crippen LogP contribution in [0.25, 0.3) is 0 Å². The molecule has 0 saturated carbocycles. The zero-order valence-electron chi connectivity index (χ0n) is 18.8. The molecular formula is C22H23F3N6O3. The highest BCUT2D eigenvalue weighted by Crippen LogP contribution is 2.45. The summed E-state index contributed by atoms with van der Waals surface area (Å²) in [5, 5.41) is 11.4. The Morgan fingerprint density at radius 2 is 2.00 bits per heavy atom. The van der Waals surface area contributed by atoms with Crippen LogP contribution in [0.4, 0.5) is 19.0 Å². The molecule has 9 nitrogen and oxygen atoms in total. The van der Waals surface area contributed by atoms with Gasteiger partial charge in [0, 0.05) is 44.9 Å². The highest BCUT2D eigenvalue weighted by molar-refractivity contribution is 5.93. The molecule has 2 aromatic heterocycles. The van der Waals surface area contributed by atoms with E-state index < -0.39 is 24.2 Å². The van der Waals surface area contributed by atoms with Crippen LogP contribution in [0.5, 0.6) is 11.5 Å². The third-order valence-corrected chi connectivity index (χ3v) is 6.08. The van der Waals surface area contributed by atoms with Gasteiger partial charge in [-0.05, 0) is 24.6 Å². The van der Waals surface area contributed by atoms with Crippen molar-refractivity contribution in [3.05, 3.63) is 53.0 Å². The number of hydrogen-bond donors (Lipinski definition) is 1. The van der Waals surface area contributed by atoms with E-state index in [1.807, 2.05) is 6.92 Å². The molecule has 3 aromatic rings. The lowest BCUT2D eigenvalue weighted by atomic mass is 9.96. The van der Waals surface area contributed by atoms with Crippen molar-refractivity contribution in [2.75, 3.05) is 19.2 Å². The first kappa shape index (κ1) is 22.1. The Labute approximate surface area is 193 Å². The van der Waals surface area contributed by atoms with Crippen LogP contribution in [0, 0.1) is 6.92 Å². The summed E-state index contributed by atoms with van der Waals surface area (Å²) in [7, 11) is 3.36. The third kappa shape index (κ3) is 3.93. The molecule has 2 aliphatic heterocycles. The molecule has 0 spiro atoms. The Morgan fingerprint density at radius 3 is 2.71 bits per heavy atom. The van der Waals surface area contributed by atoms with Crippen molar-refractivity contribution in [1.82, 2.24) is 24.5 Å². The standard InChI is InChI=1S/C22H23F3N6O3/c1-12-14(10-30(3)27-12)9-29(2)21(32)16-8-20-26-15(7-19(22(23,24)25)31(20)28-16)13-4-5-17-18(6-13)34-11-33-17/h4-6,8,10,15,19,26H,7,9,11H2,1-3H3/t15-,19-/m0/s1. The SMILES string of the molecule is Cc1nn(C)cc1CN(C)C(=O)c1cc2n(n1)[C@H](C(F)(F)F)C[C@@H](c1ccc3c(c1)OCO3)N2. The Balaban J connectivity index is 1.42. The molecule has 2 atom stereocenters. The second kappa shape index (κ2) is 7.96. The van der Waals surface area contributed by atoms with Gasteiger partial charge < -0.3 is 19.7 Å². The second-order valence-electron chi connectivity index (χ2n) is 8.54. The molecule has 1 amide bonds. The molecule has 12 heteroatoms. The van der Waals surface area contributed by atoms with E-state index in [0.29, 0.717) is 17.1 Å². The van der Waals surface area contributed by atoms with Gasteiger partial charge in [-0.2, -0.15) is 23.4 Å². The molecule has 4 heterocycles. The molecule has 1 aromatic carbocycles. The van der Waals surface area contributed by atoms with Gasteiger partial charge in [-0.25, -0.2) is 4.68 Å². The molecule has 180 valence electrons. The number of ether oxygens (including phenoxy) is 2. The maximum absolute atomic E-state index is 14.0. The summed E-state index contributed by atoms with van der Waals surface area (Å²) in [5.74, 6) is 0.694. The van der Waals surface area contributed by atoms with Crippen molar-refractivity contribution in [3.8, 4) is 11.5 Å². The van der Waals surface area contributed by atoms with E-state index in [1.165, 1.54) is 11.0 Å². The van der Waals surface area contributed by atoms with E-state index >= 15 is 0 Å². The molecule has 5 rings (SSSR count). The van der Waals surface area contributed by atoms with Crippen LogP contribution in [-0.2, 0) is 13.6 Å². The molecule has 0 bridgehead atoms. The fourth-order valence-corrected chi connectivity index (χ4v) is 4.35. The van der Waals surface area contributed by atoms with Crippen molar-refractivity contribution >= 4 is 11.7 Å². The molecule has 0 radical (unpaired) electrons. The highest BCUT2D eigenvalue weighted by Gasteiger charge is 2.47. The third-order valence-electron chi connectivity index (χ3n) is 6.08. The van der Waals surface area contributed by atoms with E-state index in [-0.39, 0.29) is 31.3 Å². The van der Waals surface area contributed by atoms with Gasteiger partial charge >= 0.3 is 6.18 Å². The predicted octanol–water partition coefficient (Wildman–Crippen LogP) is 3.59. The number of fused-ring (bicyclic) bond motifs is 2. The van der Waals surface area contributed by atoms with E-state index in [4.69, 9.17) is 9.47 Å². The van der Waals surface area contributed by atoms with Gasteiger partial charge in [-0.15, -0.1) is 0 Å². The average molecular weight is 476 g/mol. The summed E-state index contributed by atoms with van der Waals surface area (Å²) in [5.41, 5.74) is 2.18. The number of anilines is 1. The number of amides is 1. The number of alkyl halides is 3. The number of rotatable bonds is 4. The lowest BCUT2D eigenvalue weighted by Gasteiger charge is -2.33. The lowest BCUT2D eigenvalue weighted by Crippen LogP contribution is -2.35. The molecule has 0 unspecified atom stereocenters. The maximum atomic E-state index is 14.0. The number of carbonyl (C=O) groups is 1. The molecule has 0 aliphatic carbocycles. The molecular weight excluding hydrogens is 453 g/mol. The number of benzene rings is 1. The maximum Gasteiger partial charge on any atom is 0.410 e. The summed E-state index contributed by atoms with van der Waals surface area (Å²) < 4.78 is 55.1. The van der Waals surface area contributed by atoms with Gasteiger partial charge in [-0.3, -0.25) is 9.48 Å².